The SMILES string of the molecule is CSc1ccc(-c2nnc(NC(=O)c3ccccc3)o2)cc1. The topological polar surface area (TPSA) is 68.0 Å². The molecule has 22 heavy (non-hydrogen) atoms. The van der Waals surface area contributed by atoms with Gasteiger partial charge in [0.2, 0.25) is 5.89 Å². The van der Waals surface area contributed by atoms with E-state index >= 15 is 0 Å². The molecule has 0 unspecified atom stereocenters. The number of carbonyl (C=O) groups excluding carboxylic acids is 1. The molecule has 0 spiro atoms. The number of carbonyl (C=O) groups is 1. The van der Waals surface area contributed by atoms with Crippen LogP contribution in [0.15, 0.2) is 63.9 Å². The van der Waals surface area contributed by atoms with Crippen molar-refractivity contribution < 1.29 is 9.21 Å². The fourth-order valence-electron chi connectivity index (χ4n) is 1.88. The lowest BCUT2D eigenvalue weighted by Gasteiger charge is -1.99. The molecule has 0 aliphatic carbocycles. The van der Waals surface area contributed by atoms with E-state index in [2.05, 4.69) is 15.5 Å². The Hall–Kier alpha value is -2.60. The number of nitrogens with zero attached hydrogens (tertiary/aromatic N) is 2. The Morgan fingerprint density at radius 3 is 2.45 bits per heavy atom. The third-order valence-electron chi connectivity index (χ3n) is 3.02. The van der Waals surface area contributed by atoms with E-state index in [9.17, 15) is 4.79 Å². The summed E-state index contributed by atoms with van der Waals surface area (Å²) in [5.74, 6) is 0.0875. The number of benzene rings is 2. The standard InChI is InChI=1S/C16H13N3O2S/c1-22-13-9-7-12(8-10-13)15-18-19-16(21-15)17-14(20)11-5-3-2-4-6-11/h2-10H,1H3,(H,17,19,20). The highest BCUT2D eigenvalue weighted by molar-refractivity contribution is 7.98. The second-order valence-corrected chi connectivity index (χ2v) is 5.34. The Bertz CT molecular complexity index is 770. The van der Waals surface area contributed by atoms with Crippen LogP contribution in [0.1, 0.15) is 10.4 Å². The van der Waals surface area contributed by atoms with E-state index in [1.807, 2.05) is 36.6 Å². The molecule has 1 aromatic heterocycles. The minimum absolute atomic E-state index is 0.0813. The summed E-state index contributed by atoms with van der Waals surface area (Å²) in [4.78, 5) is 13.2. The van der Waals surface area contributed by atoms with E-state index in [0.717, 1.165) is 10.5 Å². The number of nitrogens with one attached hydrogen (secondary N) is 1. The van der Waals surface area contributed by atoms with Crippen LogP contribution in [0.25, 0.3) is 11.5 Å². The molecular formula is C16H13N3O2S. The fourth-order valence-corrected chi connectivity index (χ4v) is 2.29. The largest absolute Gasteiger partial charge is 0.403 e. The van der Waals surface area contributed by atoms with Gasteiger partial charge in [-0.05, 0) is 42.7 Å². The van der Waals surface area contributed by atoms with Crippen molar-refractivity contribution in [3.63, 3.8) is 0 Å². The summed E-state index contributed by atoms with van der Waals surface area (Å²) in [5, 5.41) is 10.4. The number of amides is 1. The van der Waals surface area contributed by atoms with Gasteiger partial charge in [0.1, 0.15) is 0 Å². The van der Waals surface area contributed by atoms with Gasteiger partial charge in [-0.25, -0.2) is 0 Å². The van der Waals surface area contributed by atoms with Gasteiger partial charge in [-0.3, -0.25) is 10.1 Å². The Labute approximate surface area is 131 Å². The zero-order valence-corrected chi connectivity index (χ0v) is 12.6. The van der Waals surface area contributed by atoms with E-state index in [4.69, 9.17) is 4.42 Å². The molecular weight excluding hydrogens is 298 g/mol. The van der Waals surface area contributed by atoms with Gasteiger partial charge in [0, 0.05) is 16.0 Å². The van der Waals surface area contributed by atoms with Crippen LogP contribution >= 0.6 is 11.8 Å². The molecule has 5 nitrogen and oxygen atoms in total. The van der Waals surface area contributed by atoms with Crippen LogP contribution in [0.2, 0.25) is 0 Å². The van der Waals surface area contributed by atoms with E-state index in [1.54, 1.807) is 36.0 Å². The summed E-state index contributed by atoms with van der Waals surface area (Å²) >= 11 is 1.66. The quantitative estimate of drug-likeness (QED) is 0.744. The van der Waals surface area contributed by atoms with Crippen LogP contribution in [-0.4, -0.2) is 22.4 Å². The molecule has 0 aliphatic rings. The van der Waals surface area contributed by atoms with Gasteiger partial charge in [-0.1, -0.05) is 23.3 Å². The number of rotatable bonds is 4. The molecule has 110 valence electrons. The lowest BCUT2D eigenvalue weighted by molar-refractivity contribution is 0.102. The van der Waals surface area contributed by atoms with Crippen molar-refractivity contribution in [3.8, 4) is 11.5 Å². The lowest BCUT2D eigenvalue weighted by Crippen LogP contribution is -2.11. The van der Waals surface area contributed by atoms with Gasteiger partial charge >= 0.3 is 6.01 Å². The molecule has 0 bridgehead atoms. The van der Waals surface area contributed by atoms with Gasteiger partial charge in [0.05, 0.1) is 0 Å². The van der Waals surface area contributed by atoms with Crippen molar-refractivity contribution in [2.75, 3.05) is 11.6 Å². The smallest absolute Gasteiger partial charge is 0.322 e. The van der Waals surface area contributed by atoms with Crippen LogP contribution < -0.4 is 5.32 Å². The van der Waals surface area contributed by atoms with Crippen molar-refractivity contribution in [2.45, 2.75) is 4.90 Å². The summed E-state index contributed by atoms with van der Waals surface area (Å²) in [5.41, 5.74) is 1.34. The average molecular weight is 311 g/mol. The first-order valence-corrected chi connectivity index (χ1v) is 7.83. The molecule has 0 saturated heterocycles. The van der Waals surface area contributed by atoms with Gasteiger partial charge < -0.3 is 4.42 Å². The van der Waals surface area contributed by atoms with Crippen molar-refractivity contribution >= 4 is 23.7 Å². The van der Waals surface area contributed by atoms with E-state index in [1.165, 1.54) is 0 Å². The predicted molar refractivity (Wildman–Crippen MR) is 85.9 cm³/mol. The van der Waals surface area contributed by atoms with Crippen LogP contribution in [0, 0.1) is 0 Å². The van der Waals surface area contributed by atoms with Gasteiger partial charge in [0.15, 0.2) is 0 Å². The molecule has 1 amide bonds. The van der Waals surface area contributed by atoms with Gasteiger partial charge in [-0.2, -0.15) is 0 Å². The van der Waals surface area contributed by atoms with Gasteiger partial charge in [0.25, 0.3) is 5.91 Å². The Kier molecular flexibility index (Phi) is 4.20. The van der Waals surface area contributed by atoms with Crippen LogP contribution in [0.4, 0.5) is 6.01 Å². The van der Waals surface area contributed by atoms with Crippen molar-refractivity contribution in [2.24, 2.45) is 0 Å². The van der Waals surface area contributed by atoms with Crippen LogP contribution in [-0.2, 0) is 0 Å². The molecule has 0 aliphatic heterocycles. The number of hydrogen-bond acceptors (Lipinski definition) is 5. The Balaban J connectivity index is 1.74. The number of hydrogen-bond donors (Lipinski definition) is 1. The molecule has 0 fully saturated rings. The normalized spacial score (nSPS) is 10.4. The predicted octanol–water partition coefficient (Wildman–Crippen LogP) is 3.71. The summed E-state index contributed by atoms with van der Waals surface area (Å²) in [6, 6.07) is 16.7. The van der Waals surface area contributed by atoms with E-state index < -0.39 is 0 Å². The number of thioether (sulfide) groups is 1. The second kappa shape index (κ2) is 6.44. The molecule has 0 atom stereocenters. The van der Waals surface area contributed by atoms with Crippen molar-refractivity contribution in [1.82, 2.24) is 10.2 Å². The highest BCUT2D eigenvalue weighted by Gasteiger charge is 2.12. The molecule has 6 heteroatoms. The number of aromatic nitrogens is 2. The summed E-state index contributed by atoms with van der Waals surface area (Å²) in [7, 11) is 0. The summed E-state index contributed by atoms with van der Waals surface area (Å²) in [6.45, 7) is 0. The second-order valence-electron chi connectivity index (χ2n) is 4.46. The minimum Gasteiger partial charge on any atom is -0.403 e. The molecule has 3 rings (SSSR count). The Morgan fingerprint density at radius 2 is 1.77 bits per heavy atom. The maximum absolute atomic E-state index is 12.0. The average Bonchev–Trinajstić information content (AvgIpc) is 3.04. The Morgan fingerprint density at radius 1 is 1.05 bits per heavy atom. The van der Waals surface area contributed by atoms with Crippen LogP contribution in [0.3, 0.4) is 0 Å². The molecule has 0 radical (unpaired) electrons. The van der Waals surface area contributed by atoms with Crippen molar-refractivity contribution in [1.29, 1.82) is 0 Å². The fraction of sp³-hybridized carbons (Fsp3) is 0.0625. The van der Waals surface area contributed by atoms with E-state index in [0.29, 0.717) is 11.5 Å². The van der Waals surface area contributed by atoms with Crippen molar-refractivity contribution in [3.05, 3.63) is 60.2 Å². The molecule has 3 aromatic rings. The third-order valence-corrected chi connectivity index (χ3v) is 3.76. The van der Waals surface area contributed by atoms with Crippen LogP contribution in [0.5, 0.6) is 0 Å². The first-order chi connectivity index (χ1) is 10.8. The molecule has 2 aromatic carbocycles. The first kappa shape index (κ1) is 14.3. The maximum atomic E-state index is 12.0. The third kappa shape index (κ3) is 3.17. The first-order valence-electron chi connectivity index (χ1n) is 6.60. The number of anilines is 1. The monoisotopic (exact) mass is 311 g/mol. The zero-order chi connectivity index (χ0) is 15.4. The highest BCUT2D eigenvalue weighted by atomic mass is 32.2. The van der Waals surface area contributed by atoms with E-state index in [-0.39, 0.29) is 11.9 Å². The summed E-state index contributed by atoms with van der Waals surface area (Å²) < 4.78 is 5.47. The lowest BCUT2D eigenvalue weighted by atomic mass is 10.2. The minimum atomic E-state index is -0.284. The van der Waals surface area contributed by atoms with Gasteiger partial charge in [-0.15, -0.1) is 16.9 Å². The summed E-state index contributed by atoms with van der Waals surface area (Å²) in [6.07, 6.45) is 2.01. The maximum Gasteiger partial charge on any atom is 0.322 e. The molecule has 1 heterocycles. The highest BCUT2D eigenvalue weighted by Crippen LogP contribution is 2.23. The zero-order valence-electron chi connectivity index (χ0n) is 11.8. The molecule has 0 saturated carbocycles. The molecule has 1 N–H and O–H groups in total.